The smallest absolute Gasteiger partial charge is 0.194 e. The second-order valence-electron chi connectivity index (χ2n) is 5.52. The lowest BCUT2D eigenvalue weighted by atomic mass is 10.2. The average Bonchev–Trinajstić information content (AvgIpc) is 2.97. The molecule has 0 saturated carbocycles. The number of phenols is 1. The number of aryl methyl sites for hydroxylation is 1. The minimum atomic E-state index is 0.134. The molecule has 0 atom stereocenters. The van der Waals surface area contributed by atoms with Crippen molar-refractivity contribution in [3.63, 3.8) is 0 Å². The van der Waals surface area contributed by atoms with Gasteiger partial charge in [-0.2, -0.15) is 5.10 Å². The Balaban J connectivity index is 2.12. The lowest BCUT2D eigenvalue weighted by Crippen LogP contribution is -2.38. The van der Waals surface area contributed by atoms with Crippen molar-refractivity contribution in [1.29, 1.82) is 0 Å². The van der Waals surface area contributed by atoms with Crippen LogP contribution in [0, 0.1) is 0 Å². The molecule has 7 nitrogen and oxygen atoms in total. The number of phenolic OH excluding ortho intramolecular Hbond substituents is 1. The van der Waals surface area contributed by atoms with Gasteiger partial charge in [0.15, 0.2) is 17.5 Å². The Hall–Kier alpha value is -2.70. The van der Waals surface area contributed by atoms with Crippen molar-refractivity contribution in [3.8, 4) is 11.5 Å². The monoisotopic (exact) mass is 331 g/mol. The van der Waals surface area contributed by atoms with Gasteiger partial charge in [0.1, 0.15) is 0 Å². The first-order valence-electron chi connectivity index (χ1n) is 7.87. The van der Waals surface area contributed by atoms with Gasteiger partial charge >= 0.3 is 0 Å². The first-order chi connectivity index (χ1) is 11.5. The summed E-state index contributed by atoms with van der Waals surface area (Å²) in [7, 11) is 5.40. The maximum atomic E-state index is 10.2. The molecule has 2 aromatic rings. The van der Waals surface area contributed by atoms with Crippen molar-refractivity contribution < 1.29 is 9.84 Å². The Morgan fingerprint density at radius 3 is 2.88 bits per heavy atom. The predicted molar refractivity (Wildman–Crippen MR) is 94.1 cm³/mol. The number of aromatic nitrogens is 2. The van der Waals surface area contributed by atoms with Crippen LogP contribution in [0.1, 0.15) is 18.1 Å². The molecule has 0 unspecified atom stereocenters. The fourth-order valence-electron chi connectivity index (χ4n) is 2.39. The van der Waals surface area contributed by atoms with Gasteiger partial charge in [0.2, 0.25) is 0 Å². The summed E-state index contributed by atoms with van der Waals surface area (Å²) in [6.45, 7) is 3.85. The number of methoxy groups -OCH3 is 1. The van der Waals surface area contributed by atoms with E-state index >= 15 is 0 Å². The summed E-state index contributed by atoms with van der Waals surface area (Å²) in [5.74, 6) is 1.36. The van der Waals surface area contributed by atoms with E-state index in [1.807, 2.05) is 50.4 Å². The van der Waals surface area contributed by atoms with E-state index < -0.39 is 0 Å². The quantitative estimate of drug-likeness (QED) is 0.623. The highest BCUT2D eigenvalue weighted by Crippen LogP contribution is 2.29. The molecule has 24 heavy (non-hydrogen) atoms. The van der Waals surface area contributed by atoms with E-state index in [9.17, 15) is 5.11 Å². The number of ether oxygens (including phenoxy) is 1. The average molecular weight is 331 g/mol. The molecule has 1 aromatic heterocycles. The number of aliphatic imine (C=N–C) groups is 1. The molecular formula is C17H25N5O2. The summed E-state index contributed by atoms with van der Waals surface area (Å²) < 4.78 is 6.91. The summed E-state index contributed by atoms with van der Waals surface area (Å²) in [6.07, 6.45) is 3.82. The molecule has 2 rings (SSSR count). The van der Waals surface area contributed by atoms with Crippen LogP contribution in [-0.4, -0.2) is 46.4 Å². The van der Waals surface area contributed by atoms with Crippen LogP contribution >= 0.6 is 0 Å². The number of benzene rings is 1. The summed E-state index contributed by atoms with van der Waals surface area (Å²) >= 11 is 0. The zero-order valence-corrected chi connectivity index (χ0v) is 14.7. The van der Waals surface area contributed by atoms with Crippen LogP contribution in [0.25, 0.3) is 0 Å². The summed E-state index contributed by atoms with van der Waals surface area (Å²) in [5, 5.41) is 17.6. The fraction of sp³-hybridized carbons (Fsp3) is 0.412. The highest BCUT2D eigenvalue weighted by Gasteiger charge is 2.10. The number of nitrogens with zero attached hydrogens (tertiary/aromatic N) is 4. The Kier molecular flexibility index (Phi) is 6.06. The van der Waals surface area contributed by atoms with E-state index in [4.69, 9.17) is 4.74 Å². The molecule has 0 bridgehead atoms. The third kappa shape index (κ3) is 4.41. The SMILES string of the molecule is CCNC(=NCc1cccc(OC)c1O)N(C)Cc1cnn(C)c1. The molecule has 0 fully saturated rings. The van der Waals surface area contributed by atoms with E-state index in [0.717, 1.165) is 23.6 Å². The van der Waals surface area contributed by atoms with Gasteiger partial charge in [-0.05, 0) is 13.0 Å². The molecule has 2 N–H and O–H groups in total. The lowest BCUT2D eigenvalue weighted by molar-refractivity contribution is 0.370. The summed E-state index contributed by atoms with van der Waals surface area (Å²) in [4.78, 5) is 6.64. The molecular weight excluding hydrogens is 306 g/mol. The van der Waals surface area contributed by atoms with Crippen LogP contribution in [0.15, 0.2) is 35.6 Å². The maximum absolute atomic E-state index is 10.2. The van der Waals surface area contributed by atoms with Crippen LogP contribution in [-0.2, 0) is 20.1 Å². The van der Waals surface area contributed by atoms with Crippen LogP contribution in [0.3, 0.4) is 0 Å². The van der Waals surface area contributed by atoms with Crippen LogP contribution in [0.4, 0.5) is 0 Å². The third-order valence-corrected chi connectivity index (χ3v) is 3.58. The van der Waals surface area contributed by atoms with Gasteiger partial charge in [-0.25, -0.2) is 4.99 Å². The second-order valence-corrected chi connectivity index (χ2v) is 5.52. The van der Waals surface area contributed by atoms with Crippen molar-refractivity contribution in [1.82, 2.24) is 20.0 Å². The zero-order valence-electron chi connectivity index (χ0n) is 14.7. The highest BCUT2D eigenvalue weighted by molar-refractivity contribution is 5.79. The number of para-hydroxylation sites is 1. The van der Waals surface area contributed by atoms with Crippen LogP contribution < -0.4 is 10.1 Å². The van der Waals surface area contributed by atoms with E-state index in [-0.39, 0.29) is 5.75 Å². The molecule has 0 saturated heterocycles. The Morgan fingerprint density at radius 1 is 1.46 bits per heavy atom. The van der Waals surface area contributed by atoms with Crippen LogP contribution in [0.5, 0.6) is 11.5 Å². The molecule has 0 aliphatic carbocycles. The number of hydrogen-bond acceptors (Lipinski definition) is 4. The maximum Gasteiger partial charge on any atom is 0.194 e. The summed E-state index contributed by atoms with van der Waals surface area (Å²) in [6, 6.07) is 5.41. The van der Waals surface area contributed by atoms with E-state index in [1.165, 1.54) is 7.11 Å². The second kappa shape index (κ2) is 8.24. The number of nitrogens with one attached hydrogen (secondary N) is 1. The molecule has 0 amide bonds. The van der Waals surface area contributed by atoms with Gasteiger partial charge in [0.05, 0.1) is 19.9 Å². The number of rotatable bonds is 6. The van der Waals surface area contributed by atoms with Gasteiger partial charge < -0.3 is 20.1 Å². The van der Waals surface area contributed by atoms with Gasteiger partial charge in [-0.1, -0.05) is 12.1 Å². The lowest BCUT2D eigenvalue weighted by Gasteiger charge is -2.21. The fourth-order valence-corrected chi connectivity index (χ4v) is 2.39. The van der Waals surface area contributed by atoms with E-state index in [0.29, 0.717) is 18.8 Å². The number of hydrogen-bond donors (Lipinski definition) is 2. The van der Waals surface area contributed by atoms with Crippen molar-refractivity contribution in [2.75, 3.05) is 20.7 Å². The standard InChI is InChI=1S/C17H25N5O2/c1-5-18-17(21(2)11-13-9-20-22(3)12-13)19-10-14-7-6-8-15(24-4)16(14)23/h6-9,12,23H,5,10-11H2,1-4H3,(H,18,19). The molecule has 1 heterocycles. The molecule has 0 radical (unpaired) electrons. The number of aromatic hydroxyl groups is 1. The minimum Gasteiger partial charge on any atom is -0.504 e. The van der Waals surface area contributed by atoms with Crippen molar-refractivity contribution in [3.05, 3.63) is 41.7 Å². The highest BCUT2D eigenvalue weighted by atomic mass is 16.5. The Morgan fingerprint density at radius 2 is 2.25 bits per heavy atom. The molecule has 1 aromatic carbocycles. The van der Waals surface area contributed by atoms with Crippen molar-refractivity contribution >= 4 is 5.96 Å². The Labute approximate surface area is 142 Å². The van der Waals surface area contributed by atoms with Gasteiger partial charge in [-0.15, -0.1) is 0 Å². The van der Waals surface area contributed by atoms with Gasteiger partial charge in [0.25, 0.3) is 0 Å². The minimum absolute atomic E-state index is 0.134. The third-order valence-electron chi connectivity index (χ3n) is 3.58. The van der Waals surface area contributed by atoms with Gasteiger partial charge in [-0.3, -0.25) is 4.68 Å². The molecule has 130 valence electrons. The first kappa shape index (κ1) is 17.7. The predicted octanol–water partition coefficient (Wildman–Crippen LogP) is 1.73. The largest absolute Gasteiger partial charge is 0.504 e. The molecule has 0 spiro atoms. The molecule has 0 aliphatic rings. The van der Waals surface area contributed by atoms with Crippen molar-refractivity contribution in [2.24, 2.45) is 12.0 Å². The Bertz CT molecular complexity index is 696. The molecule has 7 heteroatoms. The van der Waals surface area contributed by atoms with Crippen LogP contribution in [0.2, 0.25) is 0 Å². The van der Waals surface area contributed by atoms with Crippen molar-refractivity contribution in [2.45, 2.75) is 20.0 Å². The zero-order chi connectivity index (χ0) is 17.5. The van der Waals surface area contributed by atoms with Gasteiger partial charge in [0, 0.05) is 44.5 Å². The summed E-state index contributed by atoms with van der Waals surface area (Å²) in [5.41, 5.74) is 1.83. The van der Waals surface area contributed by atoms with E-state index in [1.54, 1.807) is 10.7 Å². The number of guanidine groups is 1. The normalized spacial score (nSPS) is 11.4. The first-order valence-corrected chi connectivity index (χ1v) is 7.87. The van der Waals surface area contributed by atoms with E-state index in [2.05, 4.69) is 15.4 Å². The topological polar surface area (TPSA) is 74.9 Å². The molecule has 0 aliphatic heterocycles.